The predicted octanol–water partition coefficient (Wildman–Crippen LogP) is 4.22. The van der Waals surface area contributed by atoms with E-state index >= 15 is 0 Å². The Balaban J connectivity index is 1.90. The Hall–Kier alpha value is -0.440. The van der Waals surface area contributed by atoms with Crippen molar-refractivity contribution >= 4 is 0 Å². The van der Waals surface area contributed by atoms with Gasteiger partial charge in [-0.05, 0) is 24.7 Å². The first-order valence-electron chi connectivity index (χ1n) is 7.24. The fraction of sp³-hybridized carbons (Fsp3) is 0.867. The van der Waals surface area contributed by atoms with Gasteiger partial charge in [0, 0.05) is 0 Å². The summed E-state index contributed by atoms with van der Waals surface area (Å²) in [6.07, 6.45) is 5.43. The summed E-state index contributed by atoms with van der Waals surface area (Å²) in [7, 11) is 0. The Kier molecular flexibility index (Phi) is 5.16. The number of halogens is 2. The summed E-state index contributed by atoms with van der Waals surface area (Å²) < 4.78 is 33.6. The summed E-state index contributed by atoms with van der Waals surface area (Å²) in [5, 5.41) is 0. The Bertz CT molecular complexity index is 263. The van der Waals surface area contributed by atoms with Gasteiger partial charge in [0.25, 0.3) is 0 Å². The van der Waals surface area contributed by atoms with Crippen molar-refractivity contribution in [2.24, 2.45) is 11.8 Å². The van der Waals surface area contributed by atoms with Gasteiger partial charge in [-0.2, -0.15) is 0 Å². The van der Waals surface area contributed by atoms with Crippen LogP contribution in [0.4, 0.5) is 8.78 Å². The van der Waals surface area contributed by atoms with Gasteiger partial charge in [-0.1, -0.05) is 38.2 Å². The molecule has 4 unspecified atom stereocenters. The van der Waals surface area contributed by atoms with E-state index in [0.29, 0.717) is 18.9 Å². The van der Waals surface area contributed by atoms with Crippen LogP contribution >= 0.6 is 0 Å². The highest BCUT2D eigenvalue weighted by Gasteiger charge is 2.43. The molecule has 0 bridgehead atoms. The standard InChI is InChI=1S/C15H24F2O/c1-2-10-18-13-9-8-12(14(16)15(13)17)11-6-4-3-5-7-11/h2,11-15H,1,3-10H2. The monoisotopic (exact) mass is 258 g/mol. The van der Waals surface area contributed by atoms with E-state index in [1.165, 1.54) is 19.3 Å². The van der Waals surface area contributed by atoms with E-state index in [2.05, 4.69) is 6.58 Å². The summed E-state index contributed by atoms with van der Waals surface area (Å²) >= 11 is 0. The van der Waals surface area contributed by atoms with Crippen LogP contribution in [0.3, 0.4) is 0 Å². The second-order valence-electron chi connectivity index (χ2n) is 5.69. The van der Waals surface area contributed by atoms with Crippen molar-refractivity contribution in [3.8, 4) is 0 Å². The fourth-order valence-corrected chi connectivity index (χ4v) is 3.54. The molecular formula is C15H24F2O. The predicted molar refractivity (Wildman–Crippen MR) is 69.0 cm³/mol. The molecule has 104 valence electrons. The molecule has 4 atom stereocenters. The lowest BCUT2D eigenvalue weighted by Gasteiger charge is -2.39. The van der Waals surface area contributed by atoms with Crippen LogP contribution in [0.15, 0.2) is 12.7 Å². The van der Waals surface area contributed by atoms with Crippen LogP contribution in [0.2, 0.25) is 0 Å². The minimum absolute atomic E-state index is 0.0797. The molecule has 1 nitrogen and oxygen atoms in total. The molecule has 0 aliphatic heterocycles. The van der Waals surface area contributed by atoms with Crippen LogP contribution in [0, 0.1) is 11.8 Å². The normalized spacial score (nSPS) is 38.6. The summed E-state index contributed by atoms with van der Waals surface area (Å²) in [5.74, 6) is 0.316. The number of ether oxygens (including phenoxy) is 1. The molecule has 0 heterocycles. The summed E-state index contributed by atoms with van der Waals surface area (Å²) in [6.45, 7) is 3.85. The maximum Gasteiger partial charge on any atom is 0.157 e. The summed E-state index contributed by atoms with van der Waals surface area (Å²) in [4.78, 5) is 0. The van der Waals surface area contributed by atoms with Gasteiger partial charge in [0.1, 0.15) is 6.17 Å². The smallest absolute Gasteiger partial charge is 0.157 e. The van der Waals surface area contributed by atoms with E-state index in [4.69, 9.17) is 4.74 Å². The molecule has 0 spiro atoms. The van der Waals surface area contributed by atoms with Crippen LogP contribution in [-0.4, -0.2) is 25.1 Å². The molecule has 0 aromatic rings. The maximum atomic E-state index is 14.2. The molecular weight excluding hydrogens is 234 g/mol. The minimum Gasteiger partial charge on any atom is -0.371 e. The van der Waals surface area contributed by atoms with Gasteiger partial charge in [0.05, 0.1) is 12.7 Å². The molecule has 0 aromatic heterocycles. The molecule has 18 heavy (non-hydrogen) atoms. The third kappa shape index (κ3) is 3.11. The zero-order chi connectivity index (χ0) is 13.0. The molecule has 0 saturated heterocycles. The van der Waals surface area contributed by atoms with Crippen molar-refractivity contribution in [1.82, 2.24) is 0 Å². The van der Waals surface area contributed by atoms with Gasteiger partial charge in [0.15, 0.2) is 6.17 Å². The number of alkyl halides is 2. The number of rotatable bonds is 4. The zero-order valence-corrected chi connectivity index (χ0v) is 11.0. The Morgan fingerprint density at radius 3 is 2.39 bits per heavy atom. The molecule has 0 amide bonds. The largest absolute Gasteiger partial charge is 0.371 e. The molecule has 0 N–H and O–H groups in total. The van der Waals surface area contributed by atoms with Crippen LogP contribution < -0.4 is 0 Å². The lowest BCUT2D eigenvalue weighted by molar-refractivity contribution is -0.0797. The van der Waals surface area contributed by atoms with Gasteiger partial charge in [0.2, 0.25) is 0 Å². The summed E-state index contributed by atoms with van der Waals surface area (Å²) in [6, 6.07) is 0. The van der Waals surface area contributed by atoms with E-state index < -0.39 is 18.4 Å². The van der Waals surface area contributed by atoms with Crippen LogP contribution in [0.1, 0.15) is 44.9 Å². The van der Waals surface area contributed by atoms with Crippen molar-refractivity contribution in [2.45, 2.75) is 63.4 Å². The Morgan fingerprint density at radius 2 is 1.72 bits per heavy atom. The molecule has 2 aliphatic carbocycles. The van der Waals surface area contributed by atoms with Crippen molar-refractivity contribution in [3.63, 3.8) is 0 Å². The Labute approximate surface area is 109 Å². The average molecular weight is 258 g/mol. The molecule has 3 heteroatoms. The molecule has 2 saturated carbocycles. The van der Waals surface area contributed by atoms with Gasteiger partial charge >= 0.3 is 0 Å². The van der Waals surface area contributed by atoms with Gasteiger partial charge in [-0.25, -0.2) is 8.78 Å². The van der Waals surface area contributed by atoms with E-state index in [1.807, 2.05) is 0 Å². The van der Waals surface area contributed by atoms with Crippen LogP contribution in [0.25, 0.3) is 0 Å². The highest BCUT2D eigenvalue weighted by atomic mass is 19.2. The molecule has 2 fully saturated rings. The van der Waals surface area contributed by atoms with Gasteiger partial charge < -0.3 is 4.74 Å². The zero-order valence-electron chi connectivity index (χ0n) is 11.0. The first kappa shape index (κ1) is 14.0. The number of hydrogen-bond donors (Lipinski definition) is 0. The quantitative estimate of drug-likeness (QED) is 0.686. The highest BCUT2D eigenvalue weighted by Crippen LogP contribution is 2.41. The minimum atomic E-state index is -1.45. The molecule has 0 aromatic carbocycles. The Morgan fingerprint density at radius 1 is 1.00 bits per heavy atom. The average Bonchev–Trinajstić information content (AvgIpc) is 2.41. The van der Waals surface area contributed by atoms with Gasteiger partial charge in [-0.15, -0.1) is 6.58 Å². The first-order chi connectivity index (χ1) is 8.74. The SMILES string of the molecule is C=CCOC1CCC(C2CCCCC2)C(F)C1F. The molecule has 0 radical (unpaired) electrons. The number of hydrogen-bond acceptors (Lipinski definition) is 1. The molecule has 2 aliphatic rings. The lowest BCUT2D eigenvalue weighted by atomic mass is 9.71. The van der Waals surface area contributed by atoms with Crippen molar-refractivity contribution < 1.29 is 13.5 Å². The van der Waals surface area contributed by atoms with Crippen molar-refractivity contribution in [1.29, 1.82) is 0 Å². The third-order valence-electron chi connectivity index (χ3n) is 4.54. The van der Waals surface area contributed by atoms with Crippen LogP contribution in [0.5, 0.6) is 0 Å². The van der Waals surface area contributed by atoms with Crippen LogP contribution in [-0.2, 0) is 4.74 Å². The third-order valence-corrected chi connectivity index (χ3v) is 4.54. The fourth-order valence-electron chi connectivity index (χ4n) is 3.54. The topological polar surface area (TPSA) is 9.23 Å². The highest BCUT2D eigenvalue weighted by molar-refractivity contribution is 4.92. The second-order valence-corrected chi connectivity index (χ2v) is 5.69. The van der Waals surface area contributed by atoms with E-state index in [0.717, 1.165) is 19.3 Å². The van der Waals surface area contributed by atoms with E-state index in [9.17, 15) is 8.78 Å². The van der Waals surface area contributed by atoms with Crippen molar-refractivity contribution in [3.05, 3.63) is 12.7 Å². The second kappa shape index (κ2) is 6.65. The lowest BCUT2D eigenvalue weighted by Crippen LogP contribution is -2.45. The van der Waals surface area contributed by atoms with E-state index in [-0.39, 0.29) is 5.92 Å². The first-order valence-corrected chi connectivity index (χ1v) is 7.24. The molecule has 2 rings (SSSR count). The maximum absolute atomic E-state index is 14.2. The van der Waals surface area contributed by atoms with Gasteiger partial charge in [-0.3, -0.25) is 0 Å². The summed E-state index contributed by atoms with van der Waals surface area (Å²) in [5.41, 5.74) is 0. The van der Waals surface area contributed by atoms with E-state index in [1.54, 1.807) is 6.08 Å². The van der Waals surface area contributed by atoms with Crippen molar-refractivity contribution in [2.75, 3.05) is 6.61 Å².